The minimum absolute atomic E-state index is 0.0547. The summed E-state index contributed by atoms with van der Waals surface area (Å²) in [7, 11) is 3.76. The van der Waals surface area contributed by atoms with E-state index in [-0.39, 0.29) is 5.60 Å². The van der Waals surface area contributed by atoms with Gasteiger partial charge in [-0.25, -0.2) is 0 Å². The second-order valence-electron chi connectivity index (χ2n) is 3.93. The number of rotatable bonds is 6. The first-order chi connectivity index (χ1) is 6.02. The Kier molecular flexibility index (Phi) is 5.68. The normalized spacial score (nSPS) is 11.7. The molecule has 0 aromatic rings. The Hall–Kier alpha value is -0.590. The summed E-state index contributed by atoms with van der Waals surface area (Å²) < 4.78 is 5.30. The molecule has 3 nitrogen and oxygen atoms in total. The topological polar surface area (TPSA) is 36.3 Å². The van der Waals surface area contributed by atoms with Gasteiger partial charge >= 0.3 is 0 Å². The number of hydrogen-bond donors (Lipinski definition) is 0. The van der Waals surface area contributed by atoms with Gasteiger partial charge < -0.3 is 9.64 Å². The van der Waals surface area contributed by atoms with Crippen molar-refractivity contribution in [3.8, 4) is 6.07 Å². The minimum Gasteiger partial charge on any atom is -0.379 e. The van der Waals surface area contributed by atoms with Gasteiger partial charge in [-0.1, -0.05) is 0 Å². The van der Waals surface area contributed by atoms with Crippen LogP contribution in [0.25, 0.3) is 0 Å². The van der Waals surface area contributed by atoms with Gasteiger partial charge in [-0.05, 0) is 27.3 Å². The molecule has 0 atom stereocenters. The Balaban J connectivity index is 3.58. The van der Waals surface area contributed by atoms with Gasteiger partial charge in [0.25, 0.3) is 0 Å². The molecule has 0 saturated carbocycles. The number of ether oxygens (including phenoxy) is 1. The van der Waals surface area contributed by atoms with Gasteiger partial charge in [0.1, 0.15) is 0 Å². The fourth-order valence-electron chi connectivity index (χ4n) is 0.915. The van der Waals surface area contributed by atoms with Crippen molar-refractivity contribution in [2.45, 2.75) is 32.3 Å². The highest BCUT2D eigenvalue weighted by molar-refractivity contribution is 4.73. The lowest BCUT2D eigenvalue weighted by Gasteiger charge is -2.25. The molecule has 0 aromatic heterocycles. The van der Waals surface area contributed by atoms with Gasteiger partial charge in [0.2, 0.25) is 0 Å². The average Bonchev–Trinajstić information content (AvgIpc) is 2.11. The summed E-state index contributed by atoms with van der Waals surface area (Å²) in [5, 5.41) is 8.39. The van der Waals surface area contributed by atoms with Crippen LogP contribution in [0.15, 0.2) is 0 Å². The van der Waals surface area contributed by atoms with Crippen molar-refractivity contribution in [3.63, 3.8) is 0 Å². The molecule has 0 aliphatic carbocycles. The van der Waals surface area contributed by atoms with E-state index in [4.69, 9.17) is 10.00 Å². The number of hydrogen-bond acceptors (Lipinski definition) is 3. The molecule has 0 rings (SSSR count). The zero-order chi connectivity index (χ0) is 10.3. The van der Waals surface area contributed by atoms with Gasteiger partial charge in [-0.15, -0.1) is 0 Å². The van der Waals surface area contributed by atoms with Gasteiger partial charge in [-0.3, -0.25) is 0 Å². The van der Waals surface area contributed by atoms with Crippen LogP contribution in [0.1, 0.15) is 26.7 Å². The fraction of sp³-hybridized carbons (Fsp3) is 0.900. The molecule has 0 saturated heterocycles. The van der Waals surface area contributed by atoms with Crippen LogP contribution < -0.4 is 0 Å². The molecule has 0 amide bonds. The monoisotopic (exact) mass is 184 g/mol. The largest absolute Gasteiger partial charge is 0.379 e. The van der Waals surface area contributed by atoms with Gasteiger partial charge in [0.05, 0.1) is 11.7 Å². The molecular weight excluding hydrogens is 164 g/mol. The third-order valence-corrected chi connectivity index (χ3v) is 2.25. The molecule has 0 unspecified atom stereocenters. The van der Waals surface area contributed by atoms with Crippen molar-refractivity contribution in [1.29, 1.82) is 5.26 Å². The van der Waals surface area contributed by atoms with E-state index in [0.717, 1.165) is 19.5 Å². The second kappa shape index (κ2) is 5.95. The summed E-state index contributed by atoms with van der Waals surface area (Å²) >= 11 is 0. The number of methoxy groups -OCH3 is 1. The van der Waals surface area contributed by atoms with E-state index in [0.29, 0.717) is 6.42 Å². The quantitative estimate of drug-likeness (QED) is 0.629. The Morgan fingerprint density at radius 2 is 2.00 bits per heavy atom. The smallest absolute Gasteiger partial charge is 0.0635 e. The van der Waals surface area contributed by atoms with Crippen LogP contribution in [-0.2, 0) is 4.74 Å². The maximum absolute atomic E-state index is 8.39. The number of nitriles is 1. The Bertz CT molecular complexity index is 172. The molecule has 0 radical (unpaired) electrons. The summed E-state index contributed by atoms with van der Waals surface area (Å²) in [6.07, 6.45) is 1.59. The molecule has 0 spiro atoms. The van der Waals surface area contributed by atoms with Gasteiger partial charge in [-0.2, -0.15) is 5.26 Å². The van der Waals surface area contributed by atoms with Crippen molar-refractivity contribution in [3.05, 3.63) is 0 Å². The second-order valence-corrected chi connectivity index (χ2v) is 3.93. The summed E-state index contributed by atoms with van der Waals surface area (Å²) in [5.41, 5.74) is -0.0547. The zero-order valence-corrected chi connectivity index (χ0v) is 9.13. The van der Waals surface area contributed by atoms with Gasteiger partial charge in [0.15, 0.2) is 0 Å². The molecule has 0 fully saturated rings. The van der Waals surface area contributed by atoms with Crippen LogP contribution in [0.2, 0.25) is 0 Å². The van der Waals surface area contributed by atoms with E-state index >= 15 is 0 Å². The summed E-state index contributed by atoms with van der Waals surface area (Å²) in [6, 6.07) is 2.14. The van der Waals surface area contributed by atoms with Crippen LogP contribution in [0.4, 0.5) is 0 Å². The lowest BCUT2D eigenvalue weighted by molar-refractivity contribution is 0.00927. The molecule has 0 N–H and O–H groups in total. The van der Waals surface area contributed by atoms with Crippen molar-refractivity contribution in [2.75, 3.05) is 27.2 Å². The maximum Gasteiger partial charge on any atom is 0.0635 e. The van der Waals surface area contributed by atoms with Crippen LogP contribution in [0.5, 0.6) is 0 Å². The lowest BCUT2D eigenvalue weighted by Crippen LogP contribution is -2.30. The molecular formula is C10H20N2O. The Morgan fingerprint density at radius 3 is 2.46 bits per heavy atom. The molecule has 0 aliphatic heterocycles. The highest BCUT2D eigenvalue weighted by Crippen LogP contribution is 2.12. The van der Waals surface area contributed by atoms with E-state index in [9.17, 15) is 0 Å². The summed E-state index contributed by atoms with van der Waals surface area (Å²) in [4.78, 5) is 2.16. The molecule has 3 heteroatoms. The highest BCUT2D eigenvalue weighted by Gasteiger charge is 2.16. The predicted octanol–water partition coefficient (Wildman–Crippen LogP) is 1.65. The van der Waals surface area contributed by atoms with Crippen molar-refractivity contribution in [1.82, 2.24) is 4.90 Å². The first kappa shape index (κ1) is 12.4. The highest BCUT2D eigenvalue weighted by atomic mass is 16.5. The van der Waals surface area contributed by atoms with Crippen molar-refractivity contribution >= 4 is 0 Å². The van der Waals surface area contributed by atoms with E-state index in [2.05, 4.69) is 24.8 Å². The predicted molar refractivity (Wildman–Crippen MR) is 53.4 cm³/mol. The third kappa shape index (κ3) is 6.56. The first-order valence-corrected chi connectivity index (χ1v) is 4.62. The fourth-order valence-corrected chi connectivity index (χ4v) is 0.915. The van der Waals surface area contributed by atoms with Crippen LogP contribution in [-0.4, -0.2) is 37.7 Å². The van der Waals surface area contributed by atoms with E-state index < -0.39 is 0 Å². The van der Waals surface area contributed by atoms with Crippen LogP contribution in [0.3, 0.4) is 0 Å². The maximum atomic E-state index is 8.39. The third-order valence-electron chi connectivity index (χ3n) is 2.25. The Labute approximate surface area is 81.3 Å². The summed E-state index contributed by atoms with van der Waals surface area (Å²) in [5.74, 6) is 0. The molecule has 0 bridgehead atoms. The number of nitrogens with zero attached hydrogens (tertiary/aromatic N) is 2. The molecule has 0 aliphatic rings. The standard InChI is InChI=1S/C10H20N2O/c1-10(2,13-4)6-9-12(3)8-5-7-11/h5-6,8-9H2,1-4H3. The molecule has 0 heterocycles. The van der Waals surface area contributed by atoms with Gasteiger partial charge in [0, 0.05) is 26.6 Å². The zero-order valence-electron chi connectivity index (χ0n) is 9.13. The van der Waals surface area contributed by atoms with Crippen LogP contribution in [0, 0.1) is 11.3 Å². The van der Waals surface area contributed by atoms with Crippen LogP contribution >= 0.6 is 0 Å². The van der Waals surface area contributed by atoms with Crippen molar-refractivity contribution in [2.24, 2.45) is 0 Å². The lowest BCUT2D eigenvalue weighted by atomic mass is 10.1. The van der Waals surface area contributed by atoms with E-state index in [1.165, 1.54) is 0 Å². The van der Waals surface area contributed by atoms with E-state index in [1.807, 2.05) is 7.05 Å². The first-order valence-electron chi connectivity index (χ1n) is 4.62. The summed E-state index contributed by atoms with van der Waals surface area (Å²) in [6.45, 7) is 5.97. The minimum atomic E-state index is -0.0547. The Morgan fingerprint density at radius 1 is 1.38 bits per heavy atom. The molecule has 13 heavy (non-hydrogen) atoms. The van der Waals surface area contributed by atoms with E-state index in [1.54, 1.807) is 7.11 Å². The average molecular weight is 184 g/mol. The molecule has 76 valence electrons. The molecule has 0 aromatic carbocycles. The SMILES string of the molecule is COC(C)(C)CCN(C)CCC#N. The van der Waals surface area contributed by atoms with Crippen molar-refractivity contribution < 1.29 is 4.74 Å².